The number of hydrogen-bond acceptors (Lipinski definition) is 7. The van der Waals surface area contributed by atoms with Crippen molar-refractivity contribution in [3.63, 3.8) is 0 Å². The predicted molar refractivity (Wildman–Crippen MR) is 102 cm³/mol. The second-order valence-electron chi connectivity index (χ2n) is 6.28. The van der Waals surface area contributed by atoms with E-state index in [1.807, 2.05) is 0 Å². The molecular formula is C17H29N7O4. The Morgan fingerprint density at radius 1 is 1.18 bits per heavy atom. The van der Waals surface area contributed by atoms with E-state index in [0.717, 1.165) is 5.69 Å². The first-order valence-electron chi connectivity index (χ1n) is 9.09. The van der Waals surface area contributed by atoms with Gasteiger partial charge in [0.1, 0.15) is 18.4 Å². The molecule has 0 saturated carbocycles. The second kappa shape index (κ2) is 12.6. The molecular weight excluding hydrogens is 366 g/mol. The van der Waals surface area contributed by atoms with Crippen molar-refractivity contribution >= 4 is 24.0 Å². The number of hydrogen-bond donors (Lipinski definition) is 5. The van der Waals surface area contributed by atoms with E-state index >= 15 is 0 Å². The van der Waals surface area contributed by atoms with Gasteiger partial charge < -0.3 is 36.8 Å². The molecule has 0 aromatic carbocycles. The topological polar surface area (TPSA) is 174 Å². The zero-order chi connectivity index (χ0) is 20.9. The van der Waals surface area contributed by atoms with E-state index in [9.17, 15) is 19.2 Å². The predicted octanol–water partition coefficient (Wildman–Crippen LogP) is -2.66. The summed E-state index contributed by atoms with van der Waals surface area (Å²) in [6, 6.07) is -1.77. The van der Waals surface area contributed by atoms with Gasteiger partial charge in [0.25, 0.3) is 0 Å². The molecule has 0 fully saturated rings. The minimum Gasteiger partial charge on any atom is -0.348 e. The highest BCUT2D eigenvalue weighted by Gasteiger charge is 2.27. The lowest BCUT2D eigenvalue weighted by molar-refractivity contribution is -0.132. The van der Waals surface area contributed by atoms with Gasteiger partial charge in [-0.25, -0.2) is 4.98 Å². The molecule has 156 valence electrons. The molecule has 11 heteroatoms. The quantitative estimate of drug-likeness (QED) is 0.179. The van der Waals surface area contributed by atoms with E-state index in [-0.39, 0.29) is 19.5 Å². The third-order valence-electron chi connectivity index (χ3n) is 4.11. The van der Waals surface area contributed by atoms with Gasteiger partial charge in [-0.1, -0.05) is 0 Å². The molecule has 7 N–H and O–H groups in total. The van der Waals surface area contributed by atoms with Crippen LogP contribution in [-0.4, -0.2) is 65.3 Å². The van der Waals surface area contributed by atoms with Crippen molar-refractivity contribution in [2.75, 3.05) is 19.6 Å². The summed E-state index contributed by atoms with van der Waals surface area (Å²) in [5.41, 5.74) is 11.5. The van der Waals surface area contributed by atoms with Crippen molar-refractivity contribution < 1.29 is 19.2 Å². The Morgan fingerprint density at radius 3 is 2.50 bits per heavy atom. The summed E-state index contributed by atoms with van der Waals surface area (Å²) >= 11 is 0. The highest BCUT2D eigenvalue weighted by atomic mass is 16.2. The number of unbranched alkanes of at least 4 members (excludes halogenated alkanes) is 1. The second-order valence-corrected chi connectivity index (χ2v) is 6.28. The van der Waals surface area contributed by atoms with Crippen LogP contribution in [0.15, 0.2) is 12.5 Å². The standard InChI is InChI=1S/C17H29N7O4/c1-24-11-20-10-12(24)8-14(22-15(26)9-19)17(28)23-13(4-2-3-5-18)16(27)21-6-7-25/h7,10-11,13-14H,2-6,8-9,18-19H2,1H3,(H,21,27)(H,22,26)(H,23,28)/t13-,14-/m0/s1. The van der Waals surface area contributed by atoms with Crippen LogP contribution in [0, 0.1) is 0 Å². The number of nitrogens with two attached hydrogens (primary N) is 2. The summed E-state index contributed by atoms with van der Waals surface area (Å²) in [5, 5.41) is 7.65. The molecule has 2 atom stereocenters. The Labute approximate surface area is 163 Å². The number of aldehydes is 1. The third kappa shape index (κ3) is 7.84. The Bertz CT molecular complexity index is 662. The molecule has 3 amide bonds. The van der Waals surface area contributed by atoms with Crippen LogP contribution in [0.1, 0.15) is 25.0 Å². The average molecular weight is 395 g/mol. The molecule has 0 aliphatic rings. The number of nitrogens with one attached hydrogen (secondary N) is 3. The van der Waals surface area contributed by atoms with E-state index in [4.69, 9.17) is 11.5 Å². The van der Waals surface area contributed by atoms with Crippen molar-refractivity contribution in [3.8, 4) is 0 Å². The normalized spacial score (nSPS) is 12.7. The number of imidazole rings is 1. The van der Waals surface area contributed by atoms with Gasteiger partial charge in [0.15, 0.2) is 0 Å². The molecule has 0 bridgehead atoms. The number of nitrogens with zero attached hydrogens (tertiary/aromatic N) is 2. The maximum absolute atomic E-state index is 12.8. The van der Waals surface area contributed by atoms with E-state index < -0.39 is 29.8 Å². The van der Waals surface area contributed by atoms with Crippen LogP contribution in [0.4, 0.5) is 0 Å². The van der Waals surface area contributed by atoms with Crippen LogP contribution < -0.4 is 27.4 Å². The van der Waals surface area contributed by atoms with Crippen molar-refractivity contribution in [2.24, 2.45) is 18.5 Å². The van der Waals surface area contributed by atoms with Crippen LogP contribution in [0.25, 0.3) is 0 Å². The van der Waals surface area contributed by atoms with Gasteiger partial charge in [0, 0.05) is 25.4 Å². The number of aryl methyl sites for hydroxylation is 1. The number of amides is 3. The largest absolute Gasteiger partial charge is 0.348 e. The molecule has 1 rings (SSSR count). The fraction of sp³-hybridized carbons (Fsp3) is 0.588. The maximum atomic E-state index is 12.8. The van der Waals surface area contributed by atoms with Gasteiger partial charge in [-0.15, -0.1) is 0 Å². The summed E-state index contributed by atoms with van der Waals surface area (Å²) in [6.45, 7) is 0.0473. The molecule has 0 radical (unpaired) electrons. The van der Waals surface area contributed by atoms with Gasteiger partial charge in [0.05, 0.1) is 19.4 Å². The van der Waals surface area contributed by atoms with E-state index in [1.54, 1.807) is 24.1 Å². The van der Waals surface area contributed by atoms with E-state index in [2.05, 4.69) is 20.9 Å². The summed E-state index contributed by atoms with van der Waals surface area (Å²) in [5.74, 6) is -1.49. The van der Waals surface area contributed by atoms with Gasteiger partial charge in [0.2, 0.25) is 17.7 Å². The fourth-order valence-electron chi connectivity index (χ4n) is 2.55. The zero-order valence-corrected chi connectivity index (χ0v) is 16.0. The maximum Gasteiger partial charge on any atom is 0.243 e. The molecule has 0 spiro atoms. The van der Waals surface area contributed by atoms with Crippen molar-refractivity contribution in [1.29, 1.82) is 0 Å². The van der Waals surface area contributed by atoms with Crippen LogP contribution in [-0.2, 0) is 32.6 Å². The average Bonchev–Trinajstić information content (AvgIpc) is 3.09. The first-order valence-corrected chi connectivity index (χ1v) is 9.09. The monoisotopic (exact) mass is 395 g/mol. The molecule has 0 unspecified atom stereocenters. The lowest BCUT2D eigenvalue weighted by atomic mass is 10.1. The zero-order valence-electron chi connectivity index (χ0n) is 16.0. The van der Waals surface area contributed by atoms with Gasteiger partial charge >= 0.3 is 0 Å². The van der Waals surface area contributed by atoms with Crippen LogP contribution >= 0.6 is 0 Å². The Hall–Kier alpha value is -2.79. The summed E-state index contributed by atoms with van der Waals surface area (Å²) in [6.07, 6.45) is 5.58. The van der Waals surface area contributed by atoms with Crippen LogP contribution in [0.2, 0.25) is 0 Å². The lowest BCUT2D eigenvalue weighted by Crippen LogP contribution is -2.55. The molecule has 0 aliphatic carbocycles. The first kappa shape index (κ1) is 23.2. The summed E-state index contributed by atoms with van der Waals surface area (Å²) in [4.78, 5) is 51.3. The molecule has 1 aromatic rings. The van der Waals surface area contributed by atoms with Crippen LogP contribution in [0.3, 0.4) is 0 Å². The number of rotatable bonds is 13. The molecule has 11 nitrogen and oxygen atoms in total. The summed E-state index contributed by atoms with van der Waals surface area (Å²) < 4.78 is 1.73. The number of aromatic nitrogens is 2. The van der Waals surface area contributed by atoms with Crippen LogP contribution in [0.5, 0.6) is 0 Å². The van der Waals surface area contributed by atoms with Crippen molar-refractivity contribution in [2.45, 2.75) is 37.8 Å². The SMILES string of the molecule is Cn1cncc1C[C@H](NC(=O)CN)C(=O)N[C@@H](CCCCN)C(=O)NCC=O. The highest BCUT2D eigenvalue weighted by molar-refractivity contribution is 5.92. The van der Waals surface area contributed by atoms with Gasteiger partial charge in [-0.3, -0.25) is 14.4 Å². The molecule has 1 aromatic heterocycles. The molecule has 28 heavy (non-hydrogen) atoms. The van der Waals surface area contributed by atoms with Gasteiger partial charge in [-0.05, 0) is 25.8 Å². The van der Waals surface area contributed by atoms with Gasteiger partial charge in [-0.2, -0.15) is 0 Å². The number of carbonyl (C=O) groups excluding carboxylic acids is 4. The van der Waals surface area contributed by atoms with Crippen molar-refractivity contribution in [1.82, 2.24) is 25.5 Å². The third-order valence-corrected chi connectivity index (χ3v) is 4.11. The Morgan fingerprint density at radius 2 is 1.93 bits per heavy atom. The Kier molecular flexibility index (Phi) is 10.4. The van der Waals surface area contributed by atoms with Crippen molar-refractivity contribution in [3.05, 3.63) is 18.2 Å². The smallest absolute Gasteiger partial charge is 0.243 e. The fourth-order valence-corrected chi connectivity index (χ4v) is 2.55. The minimum absolute atomic E-state index is 0.148. The lowest BCUT2D eigenvalue weighted by Gasteiger charge is -2.23. The molecule has 0 saturated heterocycles. The highest BCUT2D eigenvalue weighted by Crippen LogP contribution is 2.05. The minimum atomic E-state index is -0.928. The first-order chi connectivity index (χ1) is 13.4. The van der Waals surface area contributed by atoms with E-state index in [1.165, 1.54) is 0 Å². The molecule has 0 aliphatic heterocycles. The van der Waals surface area contributed by atoms with E-state index in [0.29, 0.717) is 32.1 Å². The summed E-state index contributed by atoms with van der Waals surface area (Å²) in [7, 11) is 1.77. The Balaban J connectivity index is 2.88. The number of carbonyl (C=O) groups is 4. The molecule has 1 heterocycles.